The Morgan fingerprint density at radius 2 is 1.75 bits per heavy atom. The van der Waals surface area contributed by atoms with E-state index in [-0.39, 0.29) is 49.2 Å². The number of hydrogen-bond acceptors (Lipinski definition) is 11. The highest BCUT2D eigenvalue weighted by Crippen LogP contribution is 2.59. The van der Waals surface area contributed by atoms with Crippen molar-refractivity contribution in [3.63, 3.8) is 0 Å². The Kier molecular flexibility index (Phi) is 11.0. The van der Waals surface area contributed by atoms with Crippen LogP contribution in [0.4, 0.5) is 17.6 Å². The maximum absolute atomic E-state index is 16.4. The fourth-order valence-corrected chi connectivity index (χ4v) is 10.4. The van der Waals surface area contributed by atoms with E-state index >= 15 is 8.78 Å². The summed E-state index contributed by atoms with van der Waals surface area (Å²) < 4.78 is 106. The molecule has 0 radical (unpaired) electrons. The summed E-state index contributed by atoms with van der Waals surface area (Å²) in [6, 6.07) is 3.08. The topological polar surface area (TPSA) is 171 Å². The number of carbonyl (C=O) groups excluding carboxylic acids is 4. The zero-order chi connectivity index (χ0) is 44.0. The van der Waals surface area contributed by atoms with Gasteiger partial charge in [0.2, 0.25) is 34.1 Å². The molecule has 2 amide bonds. The molecule has 13 nitrogen and oxygen atoms in total. The van der Waals surface area contributed by atoms with E-state index in [4.69, 9.17) is 14.2 Å². The summed E-state index contributed by atoms with van der Waals surface area (Å²) in [5.41, 5.74) is -4.24. The van der Waals surface area contributed by atoms with Crippen LogP contribution in [0.1, 0.15) is 111 Å². The minimum atomic E-state index is -4.27. The molecule has 0 spiro atoms. The van der Waals surface area contributed by atoms with Crippen molar-refractivity contribution in [2.75, 3.05) is 13.7 Å². The van der Waals surface area contributed by atoms with Crippen LogP contribution < -0.4 is 14.2 Å². The number of esters is 1. The van der Waals surface area contributed by atoms with E-state index in [2.05, 4.69) is 9.97 Å². The van der Waals surface area contributed by atoms with E-state index in [1.54, 1.807) is 33.8 Å². The predicted octanol–water partition coefficient (Wildman–Crippen LogP) is 6.50. The van der Waals surface area contributed by atoms with Crippen molar-refractivity contribution >= 4 is 44.6 Å². The van der Waals surface area contributed by atoms with Gasteiger partial charge in [0, 0.05) is 36.7 Å². The number of hydrogen-bond donors (Lipinski definition) is 1. The first-order valence-electron chi connectivity index (χ1n) is 20.7. The van der Waals surface area contributed by atoms with Crippen molar-refractivity contribution in [2.24, 2.45) is 34.5 Å². The molecule has 1 saturated heterocycles. The first kappa shape index (κ1) is 44.0. The highest BCUT2D eigenvalue weighted by atomic mass is 32.2. The number of carbonyl (C=O) groups is 4. The first-order chi connectivity index (χ1) is 27.8. The lowest BCUT2D eigenvalue weighted by atomic mass is 9.77. The van der Waals surface area contributed by atoms with Gasteiger partial charge in [-0.05, 0) is 69.9 Å². The highest BCUT2D eigenvalue weighted by Gasteiger charge is 2.67. The van der Waals surface area contributed by atoms with E-state index < -0.39 is 128 Å². The molecule has 3 saturated carbocycles. The van der Waals surface area contributed by atoms with Gasteiger partial charge in [0.1, 0.15) is 17.5 Å². The Morgan fingerprint density at radius 1 is 1.05 bits per heavy atom. The standard InChI is InChI=1S/C42H54F4N4O9S/c1-22-30-21-50(32(22)29(51)20-41(19-26(41)34(43)44)37(54)49-60(55,56)39(5)14-15-39)36(53)25(38(2,3)4)17-31(52)59-40(6)18-23(40)10-8-9-13-42(45,46)33-35(58-30)48-28-16-24(57-7)11-12-27(28)47-33/h11-12,16,22-23,25-26,30,32,34H,8-10,13-15,17-21H2,1-7H3,(H,49,54)/t22-,23-,25-,26+,30+,32+,40-,41-/m1/s1. The number of methoxy groups -OCH3 is 1. The third-order valence-corrected chi connectivity index (χ3v) is 15.9. The molecule has 0 unspecified atom stereocenters. The first-order valence-corrected chi connectivity index (χ1v) is 22.1. The van der Waals surface area contributed by atoms with Crippen LogP contribution in [0.25, 0.3) is 11.0 Å². The summed E-state index contributed by atoms with van der Waals surface area (Å²) in [5, 5.41) is 0. The number of rotatable bonds is 8. The molecule has 3 aliphatic carbocycles. The van der Waals surface area contributed by atoms with Gasteiger partial charge in [0.25, 0.3) is 5.92 Å². The Bertz CT molecular complexity index is 2200. The number of alkyl halides is 4. The minimum Gasteiger partial charge on any atom is -0.497 e. The summed E-state index contributed by atoms with van der Waals surface area (Å²) in [7, 11) is -2.84. The molecule has 2 aliphatic heterocycles. The summed E-state index contributed by atoms with van der Waals surface area (Å²) in [6.45, 7) is 9.59. The predicted molar refractivity (Wildman–Crippen MR) is 209 cm³/mol. The molecule has 4 fully saturated rings. The van der Waals surface area contributed by atoms with Gasteiger partial charge in [-0.3, -0.25) is 23.9 Å². The molecule has 60 heavy (non-hydrogen) atoms. The molecule has 18 heteroatoms. The number of halogens is 4. The molecule has 3 heterocycles. The van der Waals surface area contributed by atoms with E-state index in [0.29, 0.717) is 25.0 Å². The lowest BCUT2D eigenvalue weighted by Gasteiger charge is -2.35. The van der Waals surface area contributed by atoms with Crippen molar-refractivity contribution in [2.45, 2.75) is 141 Å². The van der Waals surface area contributed by atoms with Crippen LogP contribution in [0.2, 0.25) is 0 Å². The van der Waals surface area contributed by atoms with Gasteiger partial charge >= 0.3 is 5.97 Å². The van der Waals surface area contributed by atoms with Gasteiger partial charge in [-0.15, -0.1) is 0 Å². The summed E-state index contributed by atoms with van der Waals surface area (Å²) in [5.74, 6) is -10.9. The number of fused-ring (bicyclic) bond motifs is 5. The van der Waals surface area contributed by atoms with Gasteiger partial charge in [-0.2, -0.15) is 8.78 Å². The summed E-state index contributed by atoms with van der Waals surface area (Å²) >= 11 is 0. The normalized spacial score (nSPS) is 32.8. The van der Waals surface area contributed by atoms with Crippen molar-refractivity contribution in [1.29, 1.82) is 0 Å². The van der Waals surface area contributed by atoms with Crippen LogP contribution in [0.5, 0.6) is 11.6 Å². The van der Waals surface area contributed by atoms with E-state index in [1.165, 1.54) is 38.0 Å². The molecule has 8 atom stereocenters. The largest absolute Gasteiger partial charge is 0.497 e. The highest BCUT2D eigenvalue weighted by molar-refractivity contribution is 7.91. The van der Waals surface area contributed by atoms with Gasteiger partial charge in [-0.25, -0.2) is 27.2 Å². The second kappa shape index (κ2) is 15.1. The second-order valence-corrected chi connectivity index (χ2v) is 21.5. The molecule has 1 N–H and O–H groups in total. The van der Waals surface area contributed by atoms with Crippen molar-refractivity contribution in [3.8, 4) is 11.6 Å². The molecule has 330 valence electrons. The van der Waals surface area contributed by atoms with Crippen molar-refractivity contribution < 1.29 is 59.4 Å². The summed E-state index contributed by atoms with van der Waals surface area (Å²) in [4.78, 5) is 66.8. The molecule has 1 aromatic carbocycles. The Labute approximate surface area is 347 Å². The van der Waals surface area contributed by atoms with Gasteiger partial charge < -0.3 is 19.1 Å². The van der Waals surface area contributed by atoms with Crippen molar-refractivity contribution in [3.05, 3.63) is 23.9 Å². The molecular formula is C42H54F4N4O9S. The number of benzene rings is 1. The number of sulfonamides is 1. The lowest BCUT2D eigenvalue weighted by Crippen LogP contribution is -2.50. The number of ether oxygens (including phenoxy) is 3. The average Bonchev–Trinajstić information content (AvgIpc) is 4.11. The number of nitrogens with one attached hydrogen (secondary N) is 1. The maximum Gasteiger partial charge on any atom is 0.307 e. The van der Waals surface area contributed by atoms with Gasteiger partial charge in [0.15, 0.2) is 11.5 Å². The molecule has 7 rings (SSSR count). The zero-order valence-corrected chi connectivity index (χ0v) is 35.8. The monoisotopic (exact) mass is 866 g/mol. The Morgan fingerprint density at radius 3 is 2.37 bits per heavy atom. The van der Waals surface area contributed by atoms with Gasteiger partial charge in [0.05, 0.1) is 53.2 Å². The zero-order valence-electron chi connectivity index (χ0n) is 35.0. The smallest absolute Gasteiger partial charge is 0.307 e. The third-order valence-electron chi connectivity index (χ3n) is 13.8. The van der Waals surface area contributed by atoms with Crippen LogP contribution in [-0.4, -0.2) is 89.4 Å². The van der Waals surface area contributed by atoms with Crippen LogP contribution in [-0.2, 0) is 39.9 Å². The summed E-state index contributed by atoms with van der Waals surface area (Å²) in [6.07, 6.45) is -4.43. The lowest BCUT2D eigenvalue weighted by molar-refractivity contribution is -0.158. The number of nitrogens with zero attached hydrogens (tertiary/aromatic N) is 3. The van der Waals surface area contributed by atoms with E-state index in [1.807, 2.05) is 4.72 Å². The molecule has 1 aromatic heterocycles. The number of ketones is 1. The van der Waals surface area contributed by atoms with E-state index in [9.17, 15) is 36.4 Å². The molecule has 2 aromatic rings. The van der Waals surface area contributed by atoms with E-state index in [0.717, 1.165) is 0 Å². The molecule has 5 aliphatic rings. The Balaban J connectivity index is 1.29. The van der Waals surface area contributed by atoms with Crippen LogP contribution in [0.3, 0.4) is 0 Å². The number of amides is 2. The Hall–Kier alpha value is -4.09. The van der Waals surface area contributed by atoms with Crippen LogP contribution in [0.15, 0.2) is 18.2 Å². The number of aromatic nitrogens is 2. The second-order valence-electron chi connectivity index (χ2n) is 19.3. The molecular weight excluding hydrogens is 813 g/mol. The minimum absolute atomic E-state index is 0.0691. The fraction of sp³-hybridized carbons (Fsp3) is 0.714. The van der Waals surface area contributed by atoms with Gasteiger partial charge in [-0.1, -0.05) is 34.1 Å². The third kappa shape index (κ3) is 8.17. The van der Waals surface area contributed by atoms with Crippen LogP contribution in [0, 0.1) is 34.5 Å². The van der Waals surface area contributed by atoms with Crippen molar-refractivity contribution in [1.82, 2.24) is 19.6 Å². The number of Topliss-reactive ketones (excluding diaryl/α,β-unsaturated/α-hetero) is 1. The average molecular weight is 867 g/mol. The quantitative estimate of drug-likeness (QED) is 0.227. The SMILES string of the molecule is COc1ccc2nc3c(nc2c1)O[C@H]1CN(C(=O)[C@H](C(C)(C)C)CC(=O)O[C@]2(C)C[C@H]2CCCCC3(F)F)[C@H](C(=O)C[C@]2(C(=O)NS(=O)(=O)C3(C)CC3)C[C@H]2C(F)F)[C@@H]1C. The fourth-order valence-electron chi connectivity index (χ4n) is 9.08. The molecule has 2 bridgehead atoms. The van der Waals surface area contributed by atoms with Crippen LogP contribution >= 0.6 is 0 Å². The maximum atomic E-state index is 16.4.